The number of hydrogen-bond acceptors (Lipinski definition) is 2. The molecular formula is C10H7Cl2NO2Si. The molecule has 2 amide bonds. The van der Waals surface area contributed by atoms with Gasteiger partial charge >= 0.3 is 0 Å². The maximum atomic E-state index is 11.7. The zero-order chi connectivity index (χ0) is 11.9. The number of carbonyl (C=O) groups is 2. The Hall–Kier alpha value is -0.843. The number of halogens is 2. The van der Waals surface area contributed by atoms with Gasteiger partial charge in [0.25, 0.3) is 11.8 Å². The van der Waals surface area contributed by atoms with E-state index in [9.17, 15) is 9.59 Å². The summed E-state index contributed by atoms with van der Waals surface area (Å²) >= 11 is 11.3. The van der Waals surface area contributed by atoms with Crippen LogP contribution in [0.2, 0.25) is 0 Å². The van der Waals surface area contributed by atoms with Crippen LogP contribution in [0.3, 0.4) is 0 Å². The summed E-state index contributed by atoms with van der Waals surface area (Å²) in [4.78, 5) is 24.4. The van der Waals surface area contributed by atoms with Crippen molar-refractivity contribution in [2.24, 2.45) is 0 Å². The lowest BCUT2D eigenvalue weighted by molar-refractivity contribution is 0.0693. The van der Waals surface area contributed by atoms with E-state index in [-0.39, 0.29) is 21.3 Å². The highest BCUT2D eigenvalue weighted by molar-refractivity contribution is 6.75. The summed E-state index contributed by atoms with van der Waals surface area (Å²) in [6, 6.07) is 5.12. The highest BCUT2D eigenvalue weighted by Gasteiger charge is 2.32. The molecule has 2 radical (unpaired) electrons. The van der Waals surface area contributed by atoms with Gasteiger partial charge < -0.3 is 0 Å². The van der Waals surface area contributed by atoms with E-state index in [0.29, 0.717) is 11.1 Å². The van der Waals surface area contributed by atoms with Gasteiger partial charge in [-0.25, -0.2) is 0 Å². The first-order valence-electron chi connectivity index (χ1n) is 4.52. The van der Waals surface area contributed by atoms with Gasteiger partial charge in [-0.15, -0.1) is 23.2 Å². The second-order valence-electron chi connectivity index (χ2n) is 3.37. The third kappa shape index (κ3) is 1.88. The first-order valence-corrected chi connectivity index (χ1v) is 6.47. The first-order chi connectivity index (χ1) is 7.50. The highest BCUT2D eigenvalue weighted by atomic mass is 35.5. The summed E-state index contributed by atoms with van der Waals surface area (Å²) in [5.41, 5.74) is 0.883. The molecule has 0 aliphatic carbocycles. The van der Waals surface area contributed by atoms with Crippen LogP contribution in [0, 0.1) is 0 Å². The molecule has 6 heteroatoms. The number of nitrogens with zero attached hydrogens (tertiary/aromatic N) is 1. The van der Waals surface area contributed by atoms with Gasteiger partial charge in [-0.05, 0) is 12.1 Å². The second kappa shape index (κ2) is 4.20. The van der Waals surface area contributed by atoms with Crippen molar-refractivity contribution in [2.75, 3.05) is 7.05 Å². The normalized spacial score (nSPS) is 14.9. The number of amides is 2. The minimum Gasteiger partial charge on any atom is -0.277 e. The molecule has 16 heavy (non-hydrogen) atoms. The van der Waals surface area contributed by atoms with Crippen LogP contribution >= 0.6 is 23.2 Å². The molecular weight excluding hydrogens is 265 g/mol. The van der Waals surface area contributed by atoms with Crippen molar-refractivity contribution in [1.82, 2.24) is 4.90 Å². The van der Waals surface area contributed by atoms with E-state index in [4.69, 9.17) is 23.2 Å². The molecule has 0 aromatic heterocycles. The molecule has 0 N–H and O–H groups in total. The molecule has 1 aliphatic heterocycles. The number of hydrogen-bond donors (Lipinski definition) is 0. The molecule has 1 aliphatic rings. The number of benzene rings is 1. The van der Waals surface area contributed by atoms with Crippen molar-refractivity contribution in [3.8, 4) is 0 Å². The van der Waals surface area contributed by atoms with E-state index in [1.165, 1.54) is 7.05 Å². The molecule has 3 nitrogen and oxygen atoms in total. The van der Waals surface area contributed by atoms with Crippen molar-refractivity contribution < 1.29 is 9.59 Å². The van der Waals surface area contributed by atoms with Crippen LogP contribution in [0.1, 0.15) is 20.7 Å². The smallest absolute Gasteiger partial charge is 0.261 e. The number of rotatable bonds is 2. The van der Waals surface area contributed by atoms with Crippen LogP contribution in [0.15, 0.2) is 18.2 Å². The number of fused-ring (bicyclic) bond motifs is 1. The Balaban J connectivity index is 2.41. The Morgan fingerprint density at radius 1 is 1.19 bits per heavy atom. The predicted octanol–water partition coefficient (Wildman–Crippen LogP) is 1.00. The first kappa shape index (κ1) is 11.6. The van der Waals surface area contributed by atoms with Crippen LogP contribution in [0.4, 0.5) is 0 Å². The van der Waals surface area contributed by atoms with Gasteiger partial charge in [0.2, 0.25) is 0 Å². The fraction of sp³-hybridized carbons (Fsp3) is 0.200. The molecule has 0 saturated carbocycles. The number of alkyl halides is 2. The molecule has 0 spiro atoms. The molecule has 0 saturated heterocycles. The Labute approximate surface area is 105 Å². The summed E-state index contributed by atoms with van der Waals surface area (Å²) < 4.78 is -0.483. The molecule has 1 heterocycles. The van der Waals surface area contributed by atoms with Crippen molar-refractivity contribution in [3.63, 3.8) is 0 Å². The SMILES string of the molecule is CN1C(=O)c2ccc([Si]C(Cl)Cl)cc2C1=O. The standard InChI is InChI=1S/C10H7Cl2NO2Si/c1-13-8(14)6-3-2-5(16-10(11)12)4-7(6)9(13)15/h2-4,10H,1H3. The molecule has 1 aromatic carbocycles. The van der Waals surface area contributed by atoms with Crippen LogP contribution in [0.25, 0.3) is 0 Å². The van der Waals surface area contributed by atoms with Gasteiger partial charge in [-0.2, -0.15) is 0 Å². The quantitative estimate of drug-likeness (QED) is 0.457. The van der Waals surface area contributed by atoms with E-state index >= 15 is 0 Å². The lowest BCUT2D eigenvalue weighted by atomic mass is 10.1. The Morgan fingerprint density at radius 3 is 2.44 bits per heavy atom. The Kier molecular flexibility index (Phi) is 3.05. The fourth-order valence-electron chi connectivity index (χ4n) is 1.58. The largest absolute Gasteiger partial charge is 0.277 e. The molecule has 82 valence electrons. The van der Waals surface area contributed by atoms with Crippen LogP contribution < -0.4 is 5.19 Å². The zero-order valence-electron chi connectivity index (χ0n) is 8.33. The monoisotopic (exact) mass is 271 g/mol. The lowest BCUT2D eigenvalue weighted by Gasteiger charge is -2.02. The molecule has 0 bridgehead atoms. The van der Waals surface area contributed by atoms with E-state index in [1.807, 2.05) is 0 Å². The minimum atomic E-state index is -0.483. The van der Waals surface area contributed by atoms with Crippen molar-refractivity contribution in [3.05, 3.63) is 29.3 Å². The van der Waals surface area contributed by atoms with Gasteiger partial charge in [-0.1, -0.05) is 11.3 Å². The third-order valence-corrected chi connectivity index (χ3v) is 3.88. The summed E-state index contributed by atoms with van der Waals surface area (Å²) in [5.74, 6) is -0.532. The summed E-state index contributed by atoms with van der Waals surface area (Å²) in [6.45, 7) is 0. The van der Waals surface area contributed by atoms with Crippen molar-refractivity contribution in [2.45, 2.75) is 4.46 Å². The van der Waals surface area contributed by atoms with E-state index < -0.39 is 4.46 Å². The Bertz CT molecular complexity index is 476. The van der Waals surface area contributed by atoms with Crippen LogP contribution in [-0.2, 0) is 0 Å². The third-order valence-electron chi connectivity index (χ3n) is 2.37. The average molecular weight is 272 g/mol. The molecule has 2 rings (SSSR count). The van der Waals surface area contributed by atoms with Gasteiger partial charge in [0.05, 0.1) is 15.6 Å². The van der Waals surface area contributed by atoms with E-state index in [0.717, 1.165) is 10.1 Å². The minimum absolute atomic E-state index is 0.207. The molecule has 1 aromatic rings. The number of carbonyl (C=O) groups excluding carboxylic acids is 2. The summed E-state index contributed by atoms with van der Waals surface area (Å²) in [7, 11) is 1.68. The molecule has 0 fully saturated rings. The van der Waals surface area contributed by atoms with Crippen molar-refractivity contribution >= 4 is 49.7 Å². The zero-order valence-corrected chi connectivity index (χ0v) is 10.8. The summed E-state index contributed by atoms with van der Waals surface area (Å²) in [6.07, 6.45) is 0. The Morgan fingerprint density at radius 2 is 1.81 bits per heavy atom. The van der Waals surface area contributed by atoms with Crippen LogP contribution in [0.5, 0.6) is 0 Å². The maximum Gasteiger partial charge on any atom is 0.261 e. The predicted molar refractivity (Wildman–Crippen MR) is 63.7 cm³/mol. The van der Waals surface area contributed by atoms with Gasteiger partial charge in [-0.3, -0.25) is 14.5 Å². The topological polar surface area (TPSA) is 37.4 Å². The number of imide groups is 1. The van der Waals surface area contributed by atoms with Crippen molar-refractivity contribution in [1.29, 1.82) is 0 Å². The van der Waals surface area contributed by atoms with Gasteiger partial charge in [0.1, 0.15) is 9.52 Å². The van der Waals surface area contributed by atoms with Crippen LogP contribution in [-0.4, -0.2) is 37.7 Å². The molecule has 0 atom stereocenters. The second-order valence-corrected chi connectivity index (χ2v) is 6.65. The maximum absolute atomic E-state index is 11.7. The van der Waals surface area contributed by atoms with Gasteiger partial charge in [0, 0.05) is 7.05 Å². The van der Waals surface area contributed by atoms with E-state index in [1.54, 1.807) is 18.2 Å². The summed E-state index contributed by atoms with van der Waals surface area (Å²) in [5, 5.41) is 0.880. The fourth-order valence-corrected chi connectivity index (χ4v) is 2.99. The van der Waals surface area contributed by atoms with E-state index in [2.05, 4.69) is 0 Å². The molecule has 0 unspecified atom stereocenters. The lowest BCUT2D eigenvalue weighted by Crippen LogP contribution is -2.24. The average Bonchev–Trinajstić information content (AvgIpc) is 2.43. The van der Waals surface area contributed by atoms with Gasteiger partial charge in [0.15, 0.2) is 0 Å². The highest BCUT2D eigenvalue weighted by Crippen LogP contribution is 2.20.